The molecule has 3 nitrogen and oxygen atoms in total. The smallest absolute Gasteiger partial charge is 0.0598 e. The minimum absolute atomic E-state index is 0.0328. The summed E-state index contributed by atoms with van der Waals surface area (Å²) in [6, 6.07) is 0. The summed E-state index contributed by atoms with van der Waals surface area (Å²) in [5.74, 6) is 0. The fourth-order valence-corrected chi connectivity index (χ4v) is 1.05. The third kappa shape index (κ3) is 13.9. The first-order valence-corrected chi connectivity index (χ1v) is 5.85. The average Bonchev–Trinajstić information content (AvgIpc) is 2.14. The lowest BCUT2D eigenvalue weighted by Crippen LogP contribution is -2.20. The van der Waals surface area contributed by atoms with E-state index in [1.165, 1.54) is 0 Å². The molecule has 0 fully saturated rings. The summed E-state index contributed by atoms with van der Waals surface area (Å²) >= 11 is 0. The van der Waals surface area contributed by atoms with Gasteiger partial charge in [0, 0.05) is 33.0 Å². The van der Waals surface area contributed by atoms with Crippen molar-refractivity contribution in [3.8, 4) is 0 Å². The van der Waals surface area contributed by atoms with Crippen LogP contribution in [-0.4, -0.2) is 38.6 Å². The summed E-state index contributed by atoms with van der Waals surface area (Å²) in [6.45, 7) is 12.1. The molecule has 0 spiro atoms. The Kier molecular flexibility index (Phi) is 9.06. The number of hydrogen-bond acceptors (Lipinski definition) is 3. The molecule has 3 heteroatoms. The second-order valence-electron chi connectivity index (χ2n) is 4.48. The lowest BCUT2D eigenvalue weighted by atomic mass is 10.2. The largest absolute Gasteiger partial charge is 0.382 e. The third-order valence-corrected chi connectivity index (χ3v) is 1.75. The summed E-state index contributed by atoms with van der Waals surface area (Å²) in [4.78, 5) is 0. The van der Waals surface area contributed by atoms with Crippen molar-refractivity contribution in [3.05, 3.63) is 0 Å². The van der Waals surface area contributed by atoms with Crippen molar-refractivity contribution in [2.24, 2.45) is 0 Å². The molecule has 0 bridgehead atoms. The maximum Gasteiger partial charge on any atom is 0.0598 e. The Hall–Kier alpha value is -0.120. The summed E-state index contributed by atoms with van der Waals surface area (Å²) in [7, 11) is 0. The Bertz CT molecular complexity index is 129. The second-order valence-corrected chi connectivity index (χ2v) is 4.48. The van der Waals surface area contributed by atoms with Gasteiger partial charge in [-0.1, -0.05) is 0 Å². The van der Waals surface area contributed by atoms with Gasteiger partial charge in [0.15, 0.2) is 0 Å². The molecule has 0 atom stereocenters. The molecule has 92 valence electrons. The van der Waals surface area contributed by atoms with Crippen molar-refractivity contribution in [3.63, 3.8) is 0 Å². The van der Waals surface area contributed by atoms with E-state index in [2.05, 4.69) is 20.8 Å². The molecule has 0 rings (SSSR count). The molecule has 0 saturated heterocycles. The van der Waals surface area contributed by atoms with Crippen molar-refractivity contribution in [1.29, 1.82) is 0 Å². The monoisotopic (exact) mass is 218 g/mol. The van der Waals surface area contributed by atoms with E-state index >= 15 is 0 Å². The first-order chi connectivity index (χ1) is 7.06. The highest BCUT2D eigenvalue weighted by atomic mass is 16.5. The summed E-state index contributed by atoms with van der Waals surface area (Å²) in [5.41, 5.74) is -0.0328. The van der Waals surface area contributed by atoms with Gasteiger partial charge in [0.2, 0.25) is 0 Å². The molecule has 0 aliphatic rings. The van der Waals surface area contributed by atoms with Crippen molar-refractivity contribution in [2.75, 3.05) is 33.0 Å². The van der Waals surface area contributed by atoms with Crippen LogP contribution in [0.1, 0.15) is 40.5 Å². The zero-order valence-corrected chi connectivity index (χ0v) is 10.7. The lowest BCUT2D eigenvalue weighted by Gasteiger charge is -2.19. The van der Waals surface area contributed by atoms with Crippen LogP contribution in [0, 0.1) is 0 Å². The van der Waals surface area contributed by atoms with Crippen LogP contribution in [-0.2, 0) is 14.2 Å². The van der Waals surface area contributed by atoms with E-state index in [0.29, 0.717) is 0 Å². The molecule has 15 heavy (non-hydrogen) atoms. The Balaban J connectivity index is 2.99. The standard InChI is InChI=1S/C12H26O3/c1-5-13-8-6-9-14-10-7-11-15-12(2,3)4/h5-11H2,1-4H3. The molecule has 0 unspecified atom stereocenters. The topological polar surface area (TPSA) is 27.7 Å². The Morgan fingerprint density at radius 2 is 1.33 bits per heavy atom. The van der Waals surface area contributed by atoms with Crippen LogP contribution in [0.4, 0.5) is 0 Å². The minimum Gasteiger partial charge on any atom is -0.382 e. The van der Waals surface area contributed by atoms with Crippen molar-refractivity contribution in [2.45, 2.75) is 46.1 Å². The molecule has 0 radical (unpaired) electrons. The molecule has 0 amide bonds. The molecule has 0 aromatic carbocycles. The van der Waals surface area contributed by atoms with Crippen molar-refractivity contribution in [1.82, 2.24) is 0 Å². The highest BCUT2D eigenvalue weighted by Crippen LogP contribution is 2.06. The fourth-order valence-electron chi connectivity index (χ4n) is 1.05. The third-order valence-electron chi connectivity index (χ3n) is 1.75. The van der Waals surface area contributed by atoms with Gasteiger partial charge in [-0.15, -0.1) is 0 Å². The molecule has 0 aromatic rings. The van der Waals surface area contributed by atoms with E-state index in [1.54, 1.807) is 0 Å². The summed E-state index contributed by atoms with van der Waals surface area (Å²) in [5, 5.41) is 0. The molecular formula is C12H26O3. The molecule has 0 aliphatic heterocycles. The first kappa shape index (κ1) is 14.9. The molecule has 0 N–H and O–H groups in total. The van der Waals surface area contributed by atoms with Crippen LogP contribution < -0.4 is 0 Å². The Morgan fingerprint density at radius 1 is 0.800 bits per heavy atom. The molecular weight excluding hydrogens is 192 g/mol. The zero-order valence-electron chi connectivity index (χ0n) is 10.7. The maximum atomic E-state index is 5.57. The van der Waals surface area contributed by atoms with Gasteiger partial charge in [0.1, 0.15) is 0 Å². The highest BCUT2D eigenvalue weighted by molar-refractivity contribution is 4.58. The lowest BCUT2D eigenvalue weighted by molar-refractivity contribution is -0.0148. The predicted octanol–water partition coefficient (Wildman–Crippen LogP) is 2.63. The van der Waals surface area contributed by atoms with Gasteiger partial charge in [-0.25, -0.2) is 0 Å². The SMILES string of the molecule is CCOCCCOCCCOC(C)(C)C. The normalized spacial score (nSPS) is 12.0. The van der Waals surface area contributed by atoms with Crippen LogP contribution in [0.15, 0.2) is 0 Å². The number of hydrogen-bond donors (Lipinski definition) is 0. The Morgan fingerprint density at radius 3 is 1.87 bits per heavy atom. The second kappa shape index (κ2) is 9.13. The van der Waals surface area contributed by atoms with Crippen LogP contribution in [0.5, 0.6) is 0 Å². The minimum atomic E-state index is -0.0328. The van der Waals surface area contributed by atoms with E-state index < -0.39 is 0 Å². The van der Waals surface area contributed by atoms with Crippen LogP contribution in [0.25, 0.3) is 0 Å². The van der Waals surface area contributed by atoms with Crippen molar-refractivity contribution < 1.29 is 14.2 Å². The average molecular weight is 218 g/mol. The Labute approximate surface area is 94.1 Å². The van der Waals surface area contributed by atoms with E-state index in [0.717, 1.165) is 45.9 Å². The van der Waals surface area contributed by atoms with Gasteiger partial charge in [0.05, 0.1) is 5.60 Å². The number of rotatable bonds is 9. The van der Waals surface area contributed by atoms with E-state index in [-0.39, 0.29) is 5.60 Å². The fraction of sp³-hybridized carbons (Fsp3) is 1.00. The van der Waals surface area contributed by atoms with Gasteiger partial charge in [-0.05, 0) is 40.5 Å². The van der Waals surface area contributed by atoms with Gasteiger partial charge < -0.3 is 14.2 Å². The van der Waals surface area contributed by atoms with Gasteiger partial charge in [-0.3, -0.25) is 0 Å². The summed E-state index contributed by atoms with van der Waals surface area (Å²) < 4.78 is 16.2. The van der Waals surface area contributed by atoms with E-state index in [9.17, 15) is 0 Å². The highest BCUT2D eigenvalue weighted by Gasteiger charge is 2.08. The predicted molar refractivity (Wildman–Crippen MR) is 62.3 cm³/mol. The molecule has 0 heterocycles. The van der Waals surface area contributed by atoms with E-state index in [4.69, 9.17) is 14.2 Å². The van der Waals surface area contributed by atoms with Crippen LogP contribution in [0.3, 0.4) is 0 Å². The maximum absolute atomic E-state index is 5.57. The molecule has 0 aliphatic carbocycles. The van der Waals surface area contributed by atoms with Gasteiger partial charge in [0.25, 0.3) is 0 Å². The zero-order chi connectivity index (χ0) is 11.6. The molecule has 0 saturated carbocycles. The van der Waals surface area contributed by atoms with Crippen molar-refractivity contribution >= 4 is 0 Å². The van der Waals surface area contributed by atoms with Crippen LogP contribution >= 0.6 is 0 Å². The van der Waals surface area contributed by atoms with Crippen LogP contribution in [0.2, 0.25) is 0 Å². The van der Waals surface area contributed by atoms with E-state index in [1.807, 2.05) is 6.92 Å². The summed E-state index contributed by atoms with van der Waals surface area (Å²) in [6.07, 6.45) is 1.94. The molecule has 0 aromatic heterocycles. The van der Waals surface area contributed by atoms with Gasteiger partial charge >= 0.3 is 0 Å². The quantitative estimate of drug-likeness (QED) is 0.557. The number of ether oxygens (including phenoxy) is 3. The van der Waals surface area contributed by atoms with Gasteiger partial charge in [-0.2, -0.15) is 0 Å². The first-order valence-electron chi connectivity index (χ1n) is 5.85.